The third-order valence-corrected chi connectivity index (χ3v) is 3.22. The average Bonchev–Trinajstić information content (AvgIpc) is 2.46. The van der Waals surface area contributed by atoms with Crippen LogP contribution in [-0.4, -0.2) is 25.8 Å². The zero-order valence-electron chi connectivity index (χ0n) is 12.7. The third kappa shape index (κ3) is 5.47. The molecule has 0 aliphatic carbocycles. The molecule has 0 bridgehead atoms. The van der Waals surface area contributed by atoms with Gasteiger partial charge in [-0.3, -0.25) is 0 Å². The van der Waals surface area contributed by atoms with Gasteiger partial charge in [-0.05, 0) is 38.0 Å². The molecule has 0 radical (unpaired) electrons. The van der Waals surface area contributed by atoms with Gasteiger partial charge in [-0.15, -0.1) is 0 Å². The van der Waals surface area contributed by atoms with Crippen LogP contribution in [0.25, 0.3) is 0 Å². The van der Waals surface area contributed by atoms with Crippen molar-refractivity contribution in [2.24, 2.45) is 5.73 Å². The van der Waals surface area contributed by atoms with Gasteiger partial charge in [0.1, 0.15) is 0 Å². The summed E-state index contributed by atoms with van der Waals surface area (Å²) in [6, 6.07) is 5.18. The minimum atomic E-state index is -2.88. The Morgan fingerprint density at radius 3 is 2.48 bits per heavy atom. The van der Waals surface area contributed by atoms with E-state index in [1.165, 1.54) is 6.07 Å². The van der Waals surface area contributed by atoms with E-state index in [0.717, 1.165) is 12.0 Å². The van der Waals surface area contributed by atoms with Crippen molar-refractivity contribution < 1.29 is 18.3 Å². The summed E-state index contributed by atoms with van der Waals surface area (Å²) >= 11 is 0. The normalized spacial score (nSPS) is 14.0. The molecule has 120 valence electrons. The van der Waals surface area contributed by atoms with Gasteiger partial charge in [0.15, 0.2) is 11.5 Å². The van der Waals surface area contributed by atoms with E-state index in [1.807, 2.05) is 0 Å². The molecule has 1 aromatic rings. The monoisotopic (exact) mass is 302 g/mol. The number of hydrogen-bond acceptors (Lipinski definition) is 4. The van der Waals surface area contributed by atoms with Crippen molar-refractivity contribution in [1.82, 2.24) is 5.32 Å². The molecule has 0 amide bonds. The molecule has 0 heterocycles. The molecule has 0 aliphatic rings. The Kier molecular flexibility index (Phi) is 7.39. The summed E-state index contributed by atoms with van der Waals surface area (Å²) in [7, 11) is 0. The van der Waals surface area contributed by atoms with Gasteiger partial charge in [0.25, 0.3) is 0 Å². The lowest BCUT2D eigenvalue weighted by Gasteiger charge is -2.23. The van der Waals surface area contributed by atoms with Crippen LogP contribution < -0.4 is 20.5 Å². The molecule has 1 aromatic carbocycles. The number of alkyl halides is 2. The van der Waals surface area contributed by atoms with Crippen LogP contribution in [-0.2, 0) is 0 Å². The average molecular weight is 302 g/mol. The first-order chi connectivity index (χ1) is 10.0. The van der Waals surface area contributed by atoms with E-state index in [2.05, 4.69) is 23.9 Å². The minimum absolute atomic E-state index is 0.0370. The van der Waals surface area contributed by atoms with Crippen LogP contribution in [0.3, 0.4) is 0 Å². The highest BCUT2D eigenvalue weighted by Gasteiger charge is 2.16. The molecule has 0 saturated heterocycles. The first kappa shape index (κ1) is 17.7. The summed E-state index contributed by atoms with van der Waals surface area (Å²) in [6.45, 7) is 3.84. The number of benzene rings is 1. The zero-order chi connectivity index (χ0) is 15.8. The van der Waals surface area contributed by atoms with Gasteiger partial charge in [-0.2, -0.15) is 8.78 Å². The van der Waals surface area contributed by atoms with Crippen LogP contribution in [0.4, 0.5) is 8.78 Å². The molecule has 0 aliphatic heterocycles. The molecular weight excluding hydrogens is 278 g/mol. The minimum Gasteiger partial charge on any atom is -0.490 e. The maximum absolute atomic E-state index is 12.4. The number of nitrogens with two attached hydrogens (primary N) is 1. The van der Waals surface area contributed by atoms with E-state index in [4.69, 9.17) is 10.5 Å². The van der Waals surface area contributed by atoms with Crippen molar-refractivity contribution in [3.63, 3.8) is 0 Å². The van der Waals surface area contributed by atoms with Crippen molar-refractivity contribution in [2.45, 2.75) is 45.9 Å². The lowest BCUT2D eigenvalue weighted by atomic mass is 10.0. The van der Waals surface area contributed by atoms with Crippen molar-refractivity contribution in [3.8, 4) is 11.5 Å². The molecule has 0 fully saturated rings. The van der Waals surface area contributed by atoms with Crippen LogP contribution in [0.1, 0.15) is 38.8 Å². The van der Waals surface area contributed by atoms with Gasteiger partial charge in [-0.25, -0.2) is 0 Å². The van der Waals surface area contributed by atoms with E-state index in [0.29, 0.717) is 24.9 Å². The van der Waals surface area contributed by atoms with Gasteiger partial charge in [0, 0.05) is 18.6 Å². The Morgan fingerprint density at radius 1 is 1.24 bits per heavy atom. The molecule has 4 nitrogen and oxygen atoms in total. The topological polar surface area (TPSA) is 56.5 Å². The SMILES string of the molecule is CCOc1cc(C(CN)NC(C)CC)ccc1OC(F)F. The fourth-order valence-corrected chi connectivity index (χ4v) is 1.96. The highest BCUT2D eigenvalue weighted by molar-refractivity contribution is 5.44. The largest absolute Gasteiger partial charge is 0.490 e. The Morgan fingerprint density at radius 2 is 1.95 bits per heavy atom. The summed E-state index contributed by atoms with van der Waals surface area (Å²) in [4.78, 5) is 0. The Labute approximate surface area is 124 Å². The number of ether oxygens (including phenoxy) is 2. The molecule has 3 N–H and O–H groups in total. The number of hydrogen-bond donors (Lipinski definition) is 2. The number of nitrogens with one attached hydrogen (secondary N) is 1. The lowest BCUT2D eigenvalue weighted by molar-refractivity contribution is -0.0514. The van der Waals surface area contributed by atoms with Gasteiger partial charge in [-0.1, -0.05) is 13.0 Å². The molecule has 0 saturated carbocycles. The Balaban J connectivity index is 2.98. The lowest BCUT2D eigenvalue weighted by Crippen LogP contribution is -2.34. The van der Waals surface area contributed by atoms with Crippen molar-refractivity contribution in [3.05, 3.63) is 23.8 Å². The van der Waals surface area contributed by atoms with Gasteiger partial charge >= 0.3 is 6.61 Å². The van der Waals surface area contributed by atoms with Gasteiger partial charge < -0.3 is 20.5 Å². The van der Waals surface area contributed by atoms with Crippen LogP contribution in [0, 0.1) is 0 Å². The fourth-order valence-electron chi connectivity index (χ4n) is 1.96. The molecule has 0 spiro atoms. The molecule has 6 heteroatoms. The fraction of sp³-hybridized carbons (Fsp3) is 0.600. The highest BCUT2D eigenvalue weighted by atomic mass is 19.3. The maximum atomic E-state index is 12.4. The van der Waals surface area contributed by atoms with E-state index in [-0.39, 0.29) is 11.8 Å². The second-order valence-corrected chi connectivity index (χ2v) is 4.78. The van der Waals surface area contributed by atoms with Gasteiger partial charge in [0.2, 0.25) is 0 Å². The van der Waals surface area contributed by atoms with E-state index < -0.39 is 6.61 Å². The number of rotatable bonds is 9. The van der Waals surface area contributed by atoms with Crippen LogP contribution in [0.2, 0.25) is 0 Å². The third-order valence-electron chi connectivity index (χ3n) is 3.22. The highest BCUT2D eigenvalue weighted by Crippen LogP contribution is 2.31. The quantitative estimate of drug-likeness (QED) is 0.736. The standard InChI is InChI=1S/C15H24F2N2O2/c1-4-10(3)19-12(9-18)11-6-7-13(21-15(16)17)14(8-11)20-5-2/h6-8,10,12,15,19H,4-5,9,18H2,1-3H3. The Bertz CT molecular complexity index is 430. The second-order valence-electron chi connectivity index (χ2n) is 4.78. The molecule has 21 heavy (non-hydrogen) atoms. The predicted molar refractivity (Wildman–Crippen MR) is 78.9 cm³/mol. The molecule has 0 aromatic heterocycles. The van der Waals surface area contributed by atoms with Crippen LogP contribution in [0.15, 0.2) is 18.2 Å². The number of halogens is 2. The van der Waals surface area contributed by atoms with Crippen molar-refractivity contribution >= 4 is 0 Å². The predicted octanol–water partition coefficient (Wildman–Crippen LogP) is 3.07. The van der Waals surface area contributed by atoms with E-state index in [9.17, 15) is 8.78 Å². The molecule has 2 atom stereocenters. The summed E-state index contributed by atoms with van der Waals surface area (Å²) in [6.07, 6.45) is 0.974. The summed E-state index contributed by atoms with van der Waals surface area (Å²) in [5.41, 5.74) is 6.69. The molecule has 1 rings (SSSR count). The van der Waals surface area contributed by atoms with Gasteiger partial charge in [0.05, 0.1) is 6.61 Å². The summed E-state index contributed by atoms with van der Waals surface area (Å²) in [5.74, 6) is 0.342. The summed E-state index contributed by atoms with van der Waals surface area (Å²) < 4.78 is 34.6. The van der Waals surface area contributed by atoms with E-state index in [1.54, 1.807) is 19.1 Å². The van der Waals surface area contributed by atoms with Crippen molar-refractivity contribution in [1.29, 1.82) is 0 Å². The first-order valence-electron chi connectivity index (χ1n) is 7.19. The molecular formula is C15H24F2N2O2. The van der Waals surface area contributed by atoms with Crippen molar-refractivity contribution in [2.75, 3.05) is 13.2 Å². The smallest absolute Gasteiger partial charge is 0.387 e. The Hall–Kier alpha value is -1.40. The second kappa shape index (κ2) is 8.79. The maximum Gasteiger partial charge on any atom is 0.387 e. The molecule has 2 unspecified atom stereocenters. The first-order valence-corrected chi connectivity index (χ1v) is 7.19. The van der Waals surface area contributed by atoms with Crippen LogP contribution in [0.5, 0.6) is 11.5 Å². The van der Waals surface area contributed by atoms with E-state index >= 15 is 0 Å². The zero-order valence-corrected chi connectivity index (χ0v) is 12.7. The summed E-state index contributed by atoms with van der Waals surface area (Å²) in [5, 5.41) is 3.39. The van der Waals surface area contributed by atoms with Crippen LogP contribution >= 0.6 is 0 Å².